The van der Waals surface area contributed by atoms with Crippen molar-refractivity contribution in [1.82, 2.24) is 0 Å². The van der Waals surface area contributed by atoms with Crippen LogP contribution < -0.4 is 4.90 Å². The largest absolute Gasteiger partial charge is 0.310 e. The zero-order valence-electron chi connectivity index (χ0n) is 29.5. The maximum atomic E-state index is 2.46. The molecule has 0 amide bonds. The van der Waals surface area contributed by atoms with Gasteiger partial charge in [-0.15, -0.1) is 0 Å². The monoisotopic (exact) mass is 665 g/mol. The van der Waals surface area contributed by atoms with Gasteiger partial charge in [0.25, 0.3) is 0 Å². The van der Waals surface area contributed by atoms with E-state index < -0.39 is 0 Å². The molecular formula is C51H39N. The van der Waals surface area contributed by atoms with Gasteiger partial charge in [-0.2, -0.15) is 0 Å². The summed E-state index contributed by atoms with van der Waals surface area (Å²) >= 11 is 0. The lowest BCUT2D eigenvalue weighted by molar-refractivity contribution is 0.660. The second-order valence-corrected chi connectivity index (χ2v) is 14.2. The van der Waals surface area contributed by atoms with Gasteiger partial charge in [0.05, 0.1) is 0 Å². The van der Waals surface area contributed by atoms with Gasteiger partial charge in [0.2, 0.25) is 0 Å². The summed E-state index contributed by atoms with van der Waals surface area (Å²) in [5.74, 6) is 0. The zero-order valence-corrected chi connectivity index (χ0v) is 29.5. The van der Waals surface area contributed by atoms with E-state index in [-0.39, 0.29) is 5.41 Å². The first kappa shape index (κ1) is 31.5. The predicted octanol–water partition coefficient (Wildman–Crippen LogP) is 14.1. The van der Waals surface area contributed by atoms with Gasteiger partial charge >= 0.3 is 0 Å². The minimum absolute atomic E-state index is 0.0727. The van der Waals surface area contributed by atoms with Crippen molar-refractivity contribution < 1.29 is 0 Å². The van der Waals surface area contributed by atoms with E-state index in [1.165, 1.54) is 66.8 Å². The van der Waals surface area contributed by atoms with E-state index in [4.69, 9.17) is 0 Å². The molecule has 0 saturated heterocycles. The third-order valence-corrected chi connectivity index (χ3v) is 10.6. The maximum absolute atomic E-state index is 2.46. The molecule has 0 N–H and O–H groups in total. The van der Waals surface area contributed by atoms with Crippen molar-refractivity contribution >= 4 is 17.1 Å². The van der Waals surface area contributed by atoms with Crippen LogP contribution in [0.1, 0.15) is 25.0 Å². The lowest BCUT2D eigenvalue weighted by Gasteiger charge is -2.29. The molecule has 8 aromatic carbocycles. The molecule has 0 aromatic heterocycles. The van der Waals surface area contributed by atoms with Gasteiger partial charge in [-0.25, -0.2) is 0 Å². The standard InChI is InChI=1S/C51H39N/c1-51(2)49-26-16-15-25-47(49)48-35-44(27-28-50(48)51)52(45-31-40(36-17-7-3-8-18-36)29-41(32-45)37-19-9-4-10-20-37)46-33-42(38-21-11-5-12-22-38)30-43(34-46)39-23-13-6-14-24-39/h3-35H,1-2H3. The molecule has 0 heterocycles. The van der Waals surface area contributed by atoms with E-state index in [2.05, 4.69) is 219 Å². The molecule has 1 heteroatoms. The molecule has 52 heavy (non-hydrogen) atoms. The van der Waals surface area contributed by atoms with Crippen LogP contribution in [0.2, 0.25) is 0 Å². The number of rotatable bonds is 7. The number of hydrogen-bond acceptors (Lipinski definition) is 1. The molecule has 0 bridgehead atoms. The molecule has 0 saturated carbocycles. The molecule has 0 unspecified atom stereocenters. The zero-order chi connectivity index (χ0) is 35.1. The van der Waals surface area contributed by atoms with Gasteiger partial charge in [0.15, 0.2) is 0 Å². The second-order valence-electron chi connectivity index (χ2n) is 14.2. The first-order chi connectivity index (χ1) is 25.5. The van der Waals surface area contributed by atoms with Crippen molar-refractivity contribution in [3.63, 3.8) is 0 Å². The molecule has 9 rings (SSSR count). The van der Waals surface area contributed by atoms with E-state index >= 15 is 0 Å². The van der Waals surface area contributed by atoms with Crippen molar-refractivity contribution in [3.8, 4) is 55.6 Å². The van der Waals surface area contributed by atoms with E-state index in [9.17, 15) is 0 Å². The minimum Gasteiger partial charge on any atom is -0.310 e. The van der Waals surface area contributed by atoms with Crippen LogP contribution in [0.15, 0.2) is 200 Å². The highest BCUT2D eigenvalue weighted by atomic mass is 15.1. The van der Waals surface area contributed by atoms with Crippen molar-refractivity contribution in [3.05, 3.63) is 211 Å². The Hall–Kier alpha value is -6.44. The van der Waals surface area contributed by atoms with Crippen LogP contribution in [0.4, 0.5) is 17.1 Å². The third-order valence-electron chi connectivity index (χ3n) is 10.6. The molecular weight excluding hydrogens is 627 g/mol. The molecule has 0 fully saturated rings. The molecule has 0 aliphatic heterocycles. The molecule has 0 spiro atoms. The Morgan fingerprint density at radius 3 is 1.08 bits per heavy atom. The number of benzene rings is 8. The number of hydrogen-bond donors (Lipinski definition) is 0. The lowest BCUT2D eigenvalue weighted by atomic mass is 9.82. The number of fused-ring (bicyclic) bond motifs is 3. The van der Waals surface area contributed by atoms with Crippen molar-refractivity contribution in [2.45, 2.75) is 19.3 Å². The molecule has 248 valence electrons. The van der Waals surface area contributed by atoms with E-state index in [1.807, 2.05) is 0 Å². The average molecular weight is 666 g/mol. The smallest absolute Gasteiger partial charge is 0.0473 e. The van der Waals surface area contributed by atoms with Gasteiger partial charge in [0, 0.05) is 22.5 Å². The maximum Gasteiger partial charge on any atom is 0.0473 e. The lowest BCUT2D eigenvalue weighted by Crippen LogP contribution is -2.15. The Morgan fingerprint density at radius 1 is 0.288 bits per heavy atom. The SMILES string of the molecule is CC1(C)c2ccccc2-c2cc(N(c3cc(-c4ccccc4)cc(-c4ccccc4)c3)c3cc(-c4ccccc4)cc(-c4ccccc4)c3)ccc21. The topological polar surface area (TPSA) is 3.24 Å². The quantitative estimate of drug-likeness (QED) is 0.164. The summed E-state index contributed by atoms with van der Waals surface area (Å²) in [5.41, 5.74) is 18.1. The summed E-state index contributed by atoms with van der Waals surface area (Å²) in [7, 11) is 0. The van der Waals surface area contributed by atoms with Gasteiger partial charge in [-0.1, -0.05) is 166 Å². The molecule has 0 radical (unpaired) electrons. The van der Waals surface area contributed by atoms with Crippen molar-refractivity contribution in [2.75, 3.05) is 4.90 Å². The second kappa shape index (κ2) is 13.0. The van der Waals surface area contributed by atoms with E-state index in [0.717, 1.165) is 17.1 Å². The average Bonchev–Trinajstić information content (AvgIpc) is 3.44. The van der Waals surface area contributed by atoms with E-state index in [0.29, 0.717) is 0 Å². The Balaban J connectivity index is 1.33. The van der Waals surface area contributed by atoms with Crippen LogP contribution >= 0.6 is 0 Å². The first-order valence-corrected chi connectivity index (χ1v) is 18.1. The summed E-state index contributed by atoms with van der Waals surface area (Å²) in [6, 6.07) is 73.0. The van der Waals surface area contributed by atoms with Crippen LogP contribution in [0.5, 0.6) is 0 Å². The third kappa shape index (κ3) is 5.71. The van der Waals surface area contributed by atoms with Gasteiger partial charge in [0.1, 0.15) is 0 Å². The van der Waals surface area contributed by atoms with Crippen molar-refractivity contribution in [2.24, 2.45) is 0 Å². The Kier molecular flexibility index (Phi) is 7.90. The molecule has 1 aliphatic rings. The predicted molar refractivity (Wildman–Crippen MR) is 220 cm³/mol. The van der Waals surface area contributed by atoms with Crippen molar-refractivity contribution in [1.29, 1.82) is 0 Å². The summed E-state index contributed by atoms with van der Waals surface area (Å²) in [6.45, 7) is 4.69. The van der Waals surface area contributed by atoms with Gasteiger partial charge in [-0.05, 0) is 115 Å². The molecule has 1 aliphatic carbocycles. The summed E-state index contributed by atoms with van der Waals surface area (Å²) < 4.78 is 0. The van der Waals surface area contributed by atoms with Gasteiger partial charge < -0.3 is 4.90 Å². The summed E-state index contributed by atoms with van der Waals surface area (Å²) in [5, 5.41) is 0. The highest BCUT2D eigenvalue weighted by molar-refractivity contribution is 5.91. The Bertz CT molecular complexity index is 2270. The summed E-state index contributed by atoms with van der Waals surface area (Å²) in [4.78, 5) is 2.46. The highest BCUT2D eigenvalue weighted by Crippen LogP contribution is 2.51. The van der Waals surface area contributed by atoms with Crippen LogP contribution in [-0.2, 0) is 5.41 Å². The fraction of sp³-hybridized carbons (Fsp3) is 0.0588. The van der Waals surface area contributed by atoms with Crippen LogP contribution in [0.25, 0.3) is 55.6 Å². The molecule has 8 aromatic rings. The first-order valence-electron chi connectivity index (χ1n) is 18.1. The molecule has 0 atom stereocenters. The van der Waals surface area contributed by atoms with E-state index in [1.54, 1.807) is 0 Å². The van der Waals surface area contributed by atoms with Crippen LogP contribution in [0, 0.1) is 0 Å². The highest BCUT2D eigenvalue weighted by Gasteiger charge is 2.35. The summed E-state index contributed by atoms with van der Waals surface area (Å²) in [6.07, 6.45) is 0. The van der Waals surface area contributed by atoms with Crippen LogP contribution in [-0.4, -0.2) is 0 Å². The van der Waals surface area contributed by atoms with Gasteiger partial charge in [-0.3, -0.25) is 0 Å². The number of nitrogens with zero attached hydrogens (tertiary/aromatic N) is 1. The normalized spacial score (nSPS) is 12.6. The Morgan fingerprint density at radius 2 is 0.654 bits per heavy atom. The fourth-order valence-corrected chi connectivity index (χ4v) is 7.96. The minimum atomic E-state index is -0.0727. The Labute approximate surface area is 307 Å². The molecule has 1 nitrogen and oxygen atoms in total. The number of anilines is 3. The van der Waals surface area contributed by atoms with Crippen LogP contribution in [0.3, 0.4) is 0 Å². The fourth-order valence-electron chi connectivity index (χ4n) is 7.96.